The van der Waals surface area contributed by atoms with Crippen molar-refractivity contribution in [2.24, 2.45) is 0 Å². The van der Waals surface area contributed by atoms with E-state index in [1.54, 1.807) is 72.5 Å². The summed E-state index contributed by atoms with van der Waals surface area (Å²) in [6, 6.07) is 17.4. The molecule has 3 aromatic heterocycles. The van der Waals surface area contributed by atoms with Crippen LogP contribution < -0.4 is 10.2 Å². The minimum absolute atomic E-state index is 0.145. The third-order valence-corrected chi connectivity index (χ3v) is 6.96. The summed E-state index contributed by atoms with van der Waals surface area (Å²) in [5, 5.41) is 28.3. The molecular formula is C26H21N7O3S. The van der Waals surface area contributed by atoms with Crippen LogP contribution in [-0.4, -0.2) is 50.3 Å². The van der Waals surface area contributed by atoms with Gasteiger partial charge < -0.3 is 14.6 Å². The summed E-state index contributed by atoms with van der Waals surface area (Å²) in [6.07, 6.45) is 3.45. The molecule has 0 saturated heterocycles. The summed E-state index contributed by atoms with van der Waals surface area (Å²) < 4.78 is 1.72. The highest BCUT2D eigenvalue weighted by Gasteiger charge is 2.19. The molecule has 3 N–H and O–H groups in total. The average Bonchev–Trinajstić information content (AvgIpc) is 3.68. The molecule has 0 radical (unpaired) electrons. The number of nitrogens with one attached hydrogen (secondary N) is 2. The van der Waals surface area contributed by atoms with Crippen LogP contribution in [0, 0.1) is 11.3 Å². The molecule has 0 bridgehead atoms. The molecule has 0 fully saturated rings. The van der Waals surface area contributed by atoms with Crippen molar-refractivity contribution in [2.75, 3.05) is 23.9 Å². The first-order valence-corrected chi connectivity index (χ1v) is 12.1. The number of H-pyrrole nitrogens is 1. The second-order valence-electron chi connectivity index (χ2n) is 8.15. The van der Waals surface area contributed by atoms with E-state index in [0.29, 0.717) is 38.7 Å². The van der Waals surface area contributed by atoms with Crippen LogP contribution in [0.4, 0.5) is 11.6 Å². The van der Waals surface area contributed by atoms with Gasteiger partial charge in [0, 0.05) is 41.5 Å². The monoisotopic (exact) mass is 511 g/mol. The summed E-state index contributed by atoms with van der Waals surface area (Å²) in [5.41, 5.74) is 3.53. The highest BCUT2D eigenvalue weighted by atomic mass is 32.1. The zero-order chi connectivity index (χ0) is 25.9. The van der Waals surface area contributed by atoms with Crippen molar-refractivity contribution < 1.29 is 14.7 Å². The summed E-state index contributed by atoms with van der Waals surface area (Å²) in [4.78, 5) is 33.5. The number of imidazole rings is 1. The summed E-state index contributed by atoms with van der Waals surface area (Å²) >= 11 is 1.33. The van der Waals surface area contributed by atoms with E-state index >= 15 is 0 Å². The molecule has 184 valence electrons. The van der Waals surface area contributed by atoms with Gasteiger partial charge in [0.1, 0.15) is 0 Å². The van der Waals surface area contributed by atoms with E-state index in [4.69, 9.17) is 5.26 Å². The number of nitrogens with zero attached hydrogens (tertiary/aromatic N) is 5. The molecule has 3 heterocycles. The lowest BCUT2D eigenvalue weighted by atomic mass is 10.1. The Morgan fingerprint density at radius 3 is 2.84 bits per heavy atom. The van der Waals surface area contributed by atoms with Gasteiger partial charge in [-0.05, 0) is 48.5 Å². The Labute approximate surface area is 215 Å². The first-order chi connectivity index (χ1) is 18.0. The number of aliphatic hydroxyl groups is 1. The fourth-order valence-electron chi connectivity index (χ4n) is 3.95. The molecule has 5 rings (SSSR count). The number of amides is 2. The van der Waals surface area contributed by atoms with Gasteiger partial charge in [-0.3, -0.25) is 20.0 Å². The fraction of sp³-hybridized carbons (Fsp3) is 0.115. The lowest BCUT2D eigenvalue weighted by molar-refractivity contribution is 0.0991. The van der Waals surface area contributed by atoms with Gasteiger partial charge in [0.2, 0.25) is 5.95 Å². The normalized spacial score (nSPS) is 10.8. The Bertz CT molecular complexity index is 1650. The maximum atomic E-state index is 13.0. The molecule has 0 saturated carbocycles. The SMILES string of the molecule is CN(C(=O)c1cccc(C#N)c1)c1ccc2c(c1)nc(NC(=O)c1ccc(-c3cn[nH]c3)s1)n2CCO. The molecule has 37 heavy (non-hydrogen) atoms. The van der Waals surface area contributed by atoms with Crippen LogP contribution in [0.25, 0.3) is 21.5 Å². The number of hydrogen-bond acceptors (Lipinski definition) is 7. The van der Waals surface area contributed by atoms with E-state index in [0.717, 1.165) is 10.4 Å². The predicted molar refractivity (Wildman–Crippen MR) is 141 cm³/mol. The van der Waals surface area contributed by atoms with Crippen LogP contribution >= 0.6 is 11.3 Å². The summed E-state index contributed by atoms with van der Waals surface area (Å²) in [5.74, 6) is -0.301. The number of aromatic nitrogens is 4. The molecule has 0 unspecified atom stereocenters. The smallest absolute Gasteiger partial charge is 0.268 e. The van der Waals surface area contributed by atoms with Gasteiger partial charge in [0.25, 0.3) is 11.8 Å². The molecule has 0 atom stereocenters. The van der Waals surface area contributed by atoms with Gasteiger partial charge in [-0.2, -0.15) is 10.4 Å². The molecule has 5 aromatic rings. The minimum atomic E-state index is -0.320. The Hall–Kier alpha value is -4.79. The number of fused-ring (bicyclic) bond motifs is 1. The van der Waals surface area contributed by atoms with Crippen LogP contribution in [0.5, 0.6) is 0 Å². The van der Waals surface area contributed by atoms with Gasteiger partial charge in [-0.25, -0.2) is 4.98 Å². The molecule has 0 aliphatic carbocycles. The first kappa shape index (κ1) is 23.9. The van der Waals surface area contributed by atoms with Crippen LogP contribution in [0.15, 0.2) is 67.0 Å². The second kappa shape index (κ2) is 10.1. The largest absolute Gasteiger partial charge is 0.395 e. The van der Waals surface area contributed by atoms with Crippen molar-refractivity contribution in [3.63, 3.8) is 0 Å². The third kappa shape index (κ3) is 4.71. The summed E-state index contributed by atoms with van der Waals surface area (Å²) in [7, 11) is 1.64. The van der Waals surface area contributed by atoms with Crippen molar-refractivity contribution in [3.8, 4) is 16.5 Å². The van der Waals surface area contributed by atoms with Crippen molar-refractivity contribution in [1.82, 2.24) is 19.7 Å². The van der Waals surface area contributed by atoms with E-state index in [1.165, 1.54) is 16.2 Å². The van der Waals surface area contributed by atoms with Gasteiger partial charge in [0.05, 0.1) is 40.3 Å². The van der Waals surface area contributed by atoms with Crippen LogP contribution in [0.3, 0.4) is 0 Å². The van der Waals surface area contributed by atoms with Crippen LogP contribution in [-0.2, 0) is 6.54 Å². The zero-order valence-corrected chi connectivity index (χ0v) is 20.5. The van der Waals surface area contributed by atoms with Crippen molar-refractivity contribution in [1.29, 1.82) is 5.26 Å². The Morgan fingerprint density at radius 1 is 1.22 bits per heavy atom. The number of nitriles is 1. The van der Waals surface area contributed by atoms with E-state index in [9.17, 15) is 14.7 Å². The number of rotatable bonds is 7. The van der Waals surface area contributed by atoms with E-state index < -0.39 is 0 Å². The average molecular weight is 512 g/mol. The maximum absolute atomic E-state index is 13.0. The number of carbonyl (C=O) groups is 2. The lowest BCUT2D eigenvalue weighted by Crippen LogP contribution is -2.26. The first-order valence-electron chi connectivity index (χ1n) is 11.3. The number of thiophene rings is 1. The van der Waals surface area contributed by atoms with Crippen LogP contribution in [0.1, 0.15) is 25.6 Å². The second-order valence-corrected chi connectivity index (χ2v) is 9.23. The van der Waals surface area contributed by atoms with Crippen molar-refractivity contribution in [3.05, 3.63) is 83.0 Å². The number of anilines is 2. The van der Waals surface area contributed by atoms with Gasteiger partial charge >= 0.3 is 0 Å². The molecule has 0 spiro atoms. The lowest BCUT2D eigenvalue weighted by Gasteiger charge is -2.17. The van der Waals surface area contributed by atoms with Gasteiger partial charge in [-0.15, -0.1) is 11.3 Å². The molecule has 11 heteroatoms. The minimum Gasteiger partial charge on any atom is -0.395 e. The third-order valence-electron chi connectivity index (χ3n) is 5.82. The van der Waals surface area contributed by atoms with Crippen molar-refractivity contribution >= 4 is 45.8 Å². The molecule has 10 nitrogen and oxygen atoms in total. The topological polar surface area (TPSA) is 140 Å². The molecule has 0 aliphatic rings. The quantitative estimate of drug-likeness (QED) is 0.303. The highest BCUT2D eigenvalue weighted by molar-refractivity contribution is 7.17. The predicted octanol–water partition coefficient (Wildman–Crippen LogP) is 3.88. The number of aromatic amines is 1. The molecule has 2 amide bonds. The molecule has 0 aliphatic heterocycles. The van der Waals surface area contributed by atoms with Gasteiger partial charge in [0.15, 0.2) is 0 Å². The van der Waals surface area contributed by atoms with Crippen LogP contribution in [0.2, 0.25) is 0 Å². The standard InChI is InChI=1S/C26H21N7O3S/c1-32(25(36)17-4-2-3-16(11-17)13-27)19-5-6-21-20(12-19)30-26(33(21)9-10-34)31-24(35)23-8-7-22(37-23)18-14-28-29-15-18/h2-8,11-12,14-15,34H,9-10H2,1H3,(H,28,29)(H,30,31,35). The Balaban J connectivity index is 1.42. The Kier molecular flexibility index (Phi) is 6.51. The van der Waals surface area contributed by atoms with Crippen molar-refractivity contribution in [2.45, 2.75) is 6.54 Å². The zero-order valence-electron chi connectivity index (χ0n) is 19.7. The molecular weight excluding hydrogens is 490 g/mol. The number of carbonyl (C=O) groups excluding carboxylic acids is 2. The molecule has 2 aromatic carbocycles. The van der Waals surface area contributed by atoms with E-state index in [2.05, 4.69) is 20.5 Å². The Morgan fingerprint density at radius 2 is 2.08 bits per heavy atom. The van der Waals surface area contributed by atoms with E-state index in [1.807, 2.05) is 12.1 Å². The number of hydrogen-bond donors (Lipinski definition) is 3. The number of benzene rings is 2. The number of aliphatic hydroxyl groups excluding tert-OH is 1. The fourth-order valence-corrected chi connectivity index (χ4v) is 4.83. The highest BCUT2D eigenvalue weighted by Crippen LogP contribution is 2.29. The maximum Gasteiger partial charge on any atom is 0.268 e. The van der Waals surface area contributed by atoms with Gasteiger partial charge in [-0.1, -0.05) is 6.07 Å². The summed E-state index contributed by atoms with van der Waals surface area (Å²) in [6.45, 7) is 0.0826. The van der Waals surface area contributed by atoms with E-state index in [-0.39, 0.29) is 25.0 Å².